The van der Waals surface area contributed by atoms with Crippen LogP contribution in [0.2, 0.25) is 0 Å². The van der Waals surface area contributed by atoms with Crippen molar-refractivity contribution in [1.82, 2.24) is 25.0 Å². The second-order valence-electron chi connectivity index (χ2n) is 6.96. The molecule has 0 unspecified atom stereocenters. The highest BCUT2D eigenvalue weighted by Gasteiger charge is 2.34. The number of amides is 1. The SMILES string of the molecule is COc1ccc(-n2nnc(C(=O)Nc3ccc(F)c(C(F)(F)F)c3)c2CSc2ncccn2)cc1. The van der Waals surface area contributed by atoms with Crippen molar-refractivity contribution in [1.29, 1.82) is 0 Å². The van der Waals surface area contributed by atoms with Crippen molar-refractivity contribution in [3.05, 3.63) is 83.7 Å². The minimum absolute atomic E-state index is 0.123. The summed E-state index contributed by atoms with van der Waals surface area (Å²) in [6, 6.07) is 10.7. The van der Waals surface area contributed by atoms with Crippen molar-refractivity contribution in [2.45, 2.75) is 17.1 Å². The van der Waals surface area contributed by atoms with E-state index in [1.54, 1.807) is 42.7 Å². The lowest BCUT2D eigenvalue weighted by Gasteiger charge is -2.11. The summed E-state index contributed by atoms with van der Waals surface area (Å²) in [4.78, 5) is 21.2. The van der Waals surface area contributed by atoms with Gasteiger partial charge in [-0.2, -0.15) is 13.2 Å². The van der Waals surface area contributed by atoms with Crippen molar-refractivity contribution in [3.8, 4) is 11.4 Å². The molecule has 0 aliphatic rings. The number of benzene rings is 2. The number of nitrogens with zero attached hydrogens (tertiary/aromatic N) is 5. The number of nitrogens with one attached hydrogen (secondary N) is 1. The third-order valence-electron chi connectivity index (χ3n) is 4.70. The fraction of sp³-hybridized carbons (Fsp3) is 0.136. The van der Waals surface area contributed by atoms with E-state index in [2.05, 4.69) is 25.6 Å². The Morgan fingerprint density at radius 1 is 1.11 bits per heavy atom. The number of rotatable bonds is 7. The van der Waals surface area contributed by atoms with Gasteiger partial charge in [0.25, 0.3) is 5.91 Å². The van der Waals surface area contributed by atoms with Gasteiger partial charge in [0.15, 0.2) is 10.9 Å². The Morgan fingerprint density at radius 2 is 1.83 bits per heavy atom. The van der Waals surface area contributed by atoms with Crippen LogP contribution in [0.4, 0.5) is 23.2 Å². The number of ether oxygens (including phenoxy) is 1. The molecular formula is C22H16F4N6O2S. The Labute approximate surface area is 200 Å². The van der Waals surface area contributed by atoms with Crippen molar-refractivity contribution in [3.63, 3.8) is 0 Å². The molecule has 0 saturated carbocycles. The lowest BCUT2D eigenvalue weighted by Crippen LogP contribution is -2.16. The molecule has 1 N–H and O–H groups in total. The number of aromatic nitrogens is 5. The summed E-state index contributed by atoms with van der Waals surface area (Å²) in [5.41, 5.74) is -0.935. The Kier molecular flexibility index (Phi) is 6.96. The quantitative estimate of drug-likeness (QED) is 0.220. The molecule has 0 radical (unpaired) electrons. The standard InChI is InChI=1S/C22H16F4N6O2S/c1-34-15-6-4-14(5-7-15)32-18(12-35-21-27-9-2-10-28-21)19(30-31-32)20(33)29-13-3-8-17(23)16(11-13)22(24,25)26/h2-11H,12H2,1H3,(H,29,33). The van der Waals surface area contributed by atoms with Gasteiger partial charge in [-0.15, -0.1) is 5.10 Å². The van der Waals surface area contributed by atoms with E-state index in [0.29, 0.717) is 34.4 Å². The van der Waals surface area contributed by atoms with Gasteiger partial charge in [0.05, 0.1) is 24.1 Å². The largest absolute Gasteiger partial charge is 0.497 e. The maximum absolute atomic E-state index is 13.6. The summed E-state index contributed by atoms with van der Waals surface area (Å²) in [6.07, 6.45) is -1.79. The summed E-state index contributed by atoms with van der Waals surface area (Å²) in [6.45, 7) is 0. The van der Waals surface area contributed by atoms with Gasteiger partial charge in [-0.05, 0) is 48.5 Å². The van der Waals surface area contributed by atoms with E-state index in [9.17, 15) is 22.4 Å². The van der Waals surface area contributed by atoms with E-state index in [1.165, 1.54) is 23.6 Å². The fourth-order valence-corrected chi connectivity index (χ4v) is 3.84. The molecule has 4 aromatic rings. The predicted octanol–water partition coefficient (Wildman–Crippen LogP) is 4.77. The van der Waals surface area contributed by atoms with Crippen molar-refractivity contribution in [2.24, 2.45) is 0 Å². The van der Waals surface area contributed by atoms with Crippen LogP contribution in [0.5, 0.6) is 5.75 Å². The first-order valence-corrected chi connectivity index (χ1v) is 10.9. The summed E-state index contributed by atoms with van der Waals surface area (Å²) in [7, 11) is 1.52. The monoisotopic (exact) mass is 504 g/mol. The van der Waals surface area contributed by atoms with E-state index in [1.807, 2.05) is 0 Å². The number of hydrogen-bond donors (Lipinski definition) is 1. The normalized spacial score (nSPS) is 11.3. The van der Waals surface area contributed by atoms with Crippen molar-refractivity contribution < 1.29 is 27.1 Å². The molecule has 2 aromatic carbocycles. The third-order valence-corrected chi connectivity index (χ3v) is 5.59. The lowest BCUT2D eigenvalue weighted by molar-refractivity contribution is -0.139. The van der Waals surface area contributed by atoms with Crippen LogP contribution in [0.15, 0.2) is 66.1 Å². The molecule has 0 bridgehead atoms. The molecule has 0 spiro atoms. The van der Waals surface area contributed by atoms with E-state index in [0.717, 1.165) is 6.07 Å². The van der Waals surface area contributed by atoms with Crippen LogP contribution in [-0.4, -0.2) is 38.0 Å². The van der Waals surface area contributed by atoms with Gasteiger partial charge in [-0.25, -0.2) is 19.0 Å². The molecule has 1 amide bonds. The maximum atomic E-state index is 13.6. The van der Waals surface area contributed by atoms with Crippen LogP contribution in [0.1, 0.15) is 21.7 Å². The minimum atomic E-state index is -4.92. The minimum Gasteiger partial charge on any atom is -0.497 e. The van der Waals surface area contributed by atoms with Crippen molar-refractivity contribution in [2.75, 3.05) is 12.4 Å². The Morgan fingerprint density at radius 3 is 2.49 bits per heavy atom. The topological polar surface area (TPSA) is 94.8 Å². The average molecular weight is 504 g/mol. The second-order valence-corrected chi connectivity index (χ2v) is 7.90. The average Bonchev–Trinajstić information content (AvgIpc) is 3.28. The van der Waals surface area contributed by atoms with Gasteiger partial charge in [-0.1, -0.05) is 17.0 Å². The van der Waals surface area contributed by atoms with Gasteiger partial charge >= 0.3 is 6.18 Å². The van der Waals surface area contributed by atoms with Crippen LogP contribution in [0.25, 0.3) is 5.69 Å². The van der Waals surface area contributed by atoms with E-state index in [-0.39, 0.29) is 17.1 Å². The number of methoxy groups -OCH3 is 1. The van der Waals surface area contributed by atoms with E-state index >= 15 is 0 Å². The van der Waals surface area contributed by atoms with Gasteiger partial charge in [-0.3, -0.25) is 4.79 Å². The van der Waals surface area contributed by atoms with Crippen LogP contribution in [-0.2, 0) is 11.9 Å². The molecular weight excluding hydrogens is 488 g/mol. The molecule has 4 rings (SSSR count). The predicted molar refractivity (Wildman–Crippen MR) is 119 cm³/mol. The molecule has 0 atom stereocenters. The van der Waals surface area contributed by atoms with E-state index < -0.39 is 23.5 Å². The lowest BCUT2D eigenvalue weighted by atomic mass is 10.1. The summed E-state index contributed by atoms with van der Waals surface area (Å²) >= 11 is 1.21. The first-order valence-electron chi connectivity index (χ1n) is 9.93. The second kappa shape index (κ2) is 10.1. The molecule has 13 heteroatoms. The first-order chi connectivity index (χ1) is 16.8. The number of alkyl halides is 3. The summed E-state index contributed by atoms with van der Waals surface area (Å²) < 4.78 is 59.4. The maximum Gasteiger partial charge on any atom is 0.419 e. The summed E-state index contributed by atoms with van der Waals surface area (Å²) in [5, 5.41) is 10.8. The van der Waals surface area contributed by atoms with Crippen LogP contribution in [0, 0.1) is 5.82 Å². The number of anilines is 1. The Hall–Kier alpha value is -4.00. The van der Waals surface area contributed by atoms with Gasteiger partial charge < -0.3 is 10.1 Å². The number of hydrogen-bond acceptors (Lipinski definition) is 7. The molecule has 0 aliphatic heterocycles. The Balaban J connectivity index is 1.66. The van der Waals surface area contributed by atoms with Crippen LogP contribution >= 0.6 is 11.8 Å². The molecule has 0 saturated heterocycles. The highest BCUT2D eigenvalue weighted by atomic mass is 32.2. The zero-order chi connectivity index (χ0) is 25.0. The highest BCUT2D eigenvalue weighted by molar-refractivity contribution is 7.98. The number of halogens is 4. The van der Waals surface area contributed by atoms with Crippen LogP contribution < -0.4 is 10.1 Å². The number of thioether (sulfide) groups is 1. The molecule has 2 aromatic heterocycles. The van der Waals surface area contributed by atoms with Gasteiger partial charge in [0.2, 0.25) is 0 Å². The highest BCUT2D eigenvalue weighted by Crippen LogP contribution is 2.33. The fourth-order valence-electron chi connectivity index (χ4n) is 3.04. The zero-order valence-corrected chi connectivity index (χ0v) is 18.8. The van der Waals surface area contributed by atoms with Crippen LogP contribution in [0.3, 0.4) is 0 Å². The summed E-state index contributed by atoms with van der Waals surface area (Å²) in [5.74, 6) is -1.48. The third kappa shape index (κ3) is 5.57. The molecule has 2 heterocycles. The molecule has 8 nitrogen and oxygen atoms in total. The van der Waals surface area contributed by atoms with E-state index in [4.69, 9.17) is 4.74 Å². The molecule has 0 fully saturated rings. The first kappa shape index (κ1) is 24.1. The molecule has 0 aliphatic carbocycles. The number of carbonyl (C=O) groups is 1. The Bertz CT molecular complexity index is 1330. The molecule has 180 valence electrons. The van der Waals surface area contributed by atoms with Gasteiger partial charge in [0.1, 0.15) is 11.6 Å². The molecule has 35 heavy (non-hydrogen) atoms. The van der Waals surface area contributed by atoms with Gasteiger partial charge in [0, 0.05) is 23.8 Å². The van der Waals surface area contributed by atoms with Crippen molar-refractivity contribution >= 4 is 23.4 Å². The smallest absolute Gasteiger partial charge is 0.419 e. The number of carbonyl (C=O) groups excluding carboxylic acids is 1. The zero-order valence-electron chi connectivity index (χ0n) is 18.0.